The number of carbonyl (C=O) groups excluding carboxylic acids is 1. The van der Waals surface area contributed by atoms with Gasteiger partial charge in [-0.05, 0) is 55.0 Å². The lowest BCUT2D eigenvalue weighted by molar-refractivity contribution is -0.439. The number of esters is 1. The Morgan fingerprint density at radius 3 is 1.60 bits per heavy atom. The summed E-state index contributed by atoms with van der Waals surface area (Å²) in [6.45, 7) is 2.68. The van der Waals surface area contributed by atoms with E-state index < -0.39 is 53.9 Å². The second-order valence-electron chi connectivity index (χ2n) is 10.8. The first-order chi connectivity index (χ1) is 22.1. The van der Waals surface area contributed by atoms with Gasteiger partial charge in [0.05, 0.1) is 12.2 Å². The summed E-state index contributed by atoms with van der Waals surface area (Å²) in [6, 6.07) is 10.6. The van der Waals surface area contributed by atoms with Crippen LogP contribution in [-0.2, 0) is 0 Å². The zero-order chi connectivity index (χ0) is 36.4. The fourth-order valence-electron chi connectivity index (χ4n) is 4.14. The Hall–Kier alpha value is -2.85. The molecule has 0 aromatic heterocycles. The molecular formula is C31H33F13O3S. The highest BCUT2D eigenvalue weighted by Crippen LogP contribution is 2.60. The maximum Gasteiger partial charge on any atom is 0.460 e. The number of halogens is 13. The molecule has 0 spiro atoms. The Bertz CT molecular complexity index is 1280. The van der Waals surface area contributed by atoms with Crippen LogP contribution >= 0.6 is 11.8 Å². The highest BCUT2D eigenvalue weighted by molar-refractivity contribution is 7.99. The van der Waals surface area contributed by atoms with Gasteiger partial charge in [0.15, 0.2) is 0 Å². The number of hydrogen-bond donors (Lipinski definition) is 0. The number of thioether (sulfide) groups is 1. The van der Waals surface area contributed by atoms with Crippen molar-refractivity contribution < 1.29 is 71.3 Å². The Morgan fingerprint density at radius 2 is 1.08 bits per heavy atom. The van der Waals surface area contributed by atoms with E-state index in [-0.39, 0.29) is 16.2 Å². The van der Waals surface area contributed by atoms with Gasteiger partial charge in [-0.1, -0.05) is 51.9 Å². The molecule has 0 saturated heterocycles. The zero-order valence-corrected chi connectivity index (χ0v) is 26.3. The third-order valence-electron chi connectivity index (χ3n) is 7.07. The Balaban J connectivity index is 1.88. The average molecular weight is 733 g/mol. The standard InChI is InChI=1S/C31H33F13O3S/c1-2-3-4-5-6-7-8-9-19-46-22-12-14-23(15-13-22)47-25(45)21-10-16-24(17-11-21)48-20-18-26(32,33)27(34,35)28(36,37)29(38,39)30(40,41)31(42,43)44/h10-17H,2-9,18-20H2,1H3. The first-order valence-electron chi connectivity index (χ1n) is 14.8. The molecule has 0 aliphatic heterocycles. The van der Waals surface area contributed by atoms with Gasteiger partial charge in [0.25, 0.3) is 0 Å². The van der Waals surface area contributed by atoms with E-state index in [1.165, 1.54) is 44.2 Å². The van der Waals surface area contributed by atoms with Crippen molar-refractivity contribution in [3.63, 3.8) is 0 Å². The maximum absolute atomic E-state index is 14.0. The van der Waals surface area contributed by atoms with Crippen LogP contribution in [-0.4, -0.2) is 54.1 Å². The quantitative estimate of drug-likeness (QED) is 0.0446. The lowest BCUT2D eigenvalue weighted by atomic mass is 9.93. The molecule has 0 N–H and O–H groups in total. The minimum atomic E-state index is -7.93. The summed E-state index contributed by atoms with van der Waals surface area (Å²) in [5.74, 6) is -38.3. The summed E-state index contributed by atoms with van der Waals surface area (Å²) in [5, 5.41) is 0. The molecule has 272 valence electrons. The Morgan fingerprint density at radius 1 is 0.604 bits per heavy atom. The molecule has 0 bridgehead atoms. The van der Waals surface area contributed by atoms with Crippen molar-refractivity contribution in [2.45, 2.75) is 105 Å². The molecule has 0 heterocycles. The van der Waals surface area contributed by atoms with E-state index in [0.717, 1.165) is 43.5 Å². The van der Waals surface area contributed by atoms with Gasteiger partial charge in [0.1, 0.15) is 11.5 Å². The first-order valence-corrected chi connectivity index (χ1v) is 15.7. The van der Waals surface area contributed by atoms with Crippen LogP contribution in [0.15, 0.2) is 53.4 Å². The van der Waals surface area contributed by atoms with Crippen LogP contribution in [0.25, 0.3) is 0 Å². The smallest absolute Gasteiger partial charge is 0.460 e. The van der Waals surface area contributed by atoms with Crippen molar-refractivity contribution in [3.8, 4) is 11.5 Å². The fraction of sp³-hybridized carbons (Fsp3) is 0.581. The summed E-state index contributed by atoms with van der Waals surface area (Å²) in [5.41, 5.74) is -0.0568. The molecule has 3 nitrogen and oxygen atoms in total. The minimum Gasteiger partial charge on any atom is -0.494 e. The topological polar surface area (TPSA) is 35.5 Å². The van der Waals surface area contributed by atoms with Crippen molar-refractivity contribution in [2.75, 3.05) is 12.4 Å². The van der Waals surface area contributed by atoms with Gasteiger partial charge in [-0.25, -0.2) is 4.79 Å². The zero-order valence-electron chi connectivity index (χ0n) is 25.4. The molecule has 0 unspecified atom stereocenters. The van der Waals surface area contributed by atoms with E-state index in [2.05, 4.69) is 6.92 Å². The molecule has 0 saturated carbocycles. The summed E-state index contributed by atoms with van der Waals surface area (Å²) in [7, 11) is 0. The van der Waals surface area contributed by atoms with Gasteiger partial charge in [-0.2, -0.15) is 57.1 Å². The summed E-state index contributed by atoms with van der Waals surface area (Å²) in [6.07, 6.45) is -0.635. The molecule has 0 amide bonds. The summed E-state index contributed by atoms with van der Waals surface area (Å²) < 4.78 is 183. The molecule has 2 aromatic carbocycles. The van der Waals surface area contributed by atoms with Crippen LogP contribution < -0.4 is 9.47 Å². The number of hydrogen-bond acceptors (Lipinski definition) is 4. The van der Waals surface area contributed by atoms with Crippen LogP contribution in [0.2, 0.25) is 0 Å². The van der Waals surface area contributed by atoms with Crippen molar-refractivity contribution in [1.29, 1.82) is 0 Å². The van der Waals surface area contributed by atoms with E-state index in [4.69, 9.17) is 9.47 Å². The van der Waals surface area contributed by atoms with E-state index in [0.29, 0.717) is 24.1 Å². The SMILES string of the molecule is CCCCCCCCCCOc1ccc(OC(=O)c2ccc(SCCC(F)(F)C(F)(F)C(F)(F)C(F)(F)C(F)(F)C(F)(F)F)cc2)cc1. The van der Waals surface area contributed by atoms with Gasteiger partial charge >= 0.3 is 41.8 Å². The predicted molar refractivity (Wildman–Crippen MR) is 152 cm³/mol. The third kappa shape index (κ3) is 9.87. The molecule has 0 aliphatic rings. The second-order valence-corrected chi connectivity index (χ2v) is 12.0. The third-order valence-corrected chi connectivity index (χ3v) is 8.09. The number of alkyl halides is 13. The van der Waals surface area contributed by atoms with Crippen LogP contribution in [0.3, 0.4) is 0 Å². The second kappa shape index (κ2) is 16.7. The van der Waals surface area contributed by atoms with E-state index in [1.807, 2.05) is 0 Å². The van der Waals surface area contributed by atoms with Crippen LogP contribution in [0.1, 0.15) is 75.1 Å². The average Bonchev–Trinajstić information content (AvgIpc) is 3.00. The lowest BCUT2D eigenvalue weighted by Gasteiger charge is -2.39. The highest BCUT2D eigenvalue weighted by atomic mass is 32.2. The molecule has 0 fully saturated rings. The fourth-order valence-corrected chi connectivity index (χ4v) is 5.06. The van der Waals surface area contributed by atoms with Crippen molar-refractivity contribution >= 4 is 17.7 Å². The molecule has 17 heteroatoms. The van der Waals surface area contributed by atoms with Gasteiger partial charge in [-0.3, -0.25) is 0 Å². The Labute approximate surface area is 272 Å². The molecular weight excluding hydrogens is 699 g/mol. The Kier molecular flexibility index (Phi) is 14.4. The van der Waals surface area contributed by atoms with Crippen LogP contribution in [0.4, 0.5) is 57.1 Å². The van der Waals surface area contributed by atoms with Crippen molar-refractivity contribution in [3.05, 3.63) is 54.1 Å². The number of carbonyl (C=O) groups is 1. The largest absolute Gasteiger partial charge is 0.494 e. The van der Waals surface area contributed by atoms with Gasteiger partial charge in [0.2, 0.25) is 0 Å². The molecule has 0 aliphatic carbocycles. The van der Waals surface area contributed by atoms with E-state index in [1.54, 1.807) is 12.1 Å². The van der Waals surface area contributed by atoms with Crippen molar-refractivity contribution in [1.82, 2.24) is 0 Å². The molecule has 2 aromatic rings. The monoisotopic (exact) mass is 732 g/mol. The molecule has 0 radical (unpaired) electrons. The number of unbranched alkanes of at least 4 members (excludes halogenated alkanes) is 7. The number of rotatable bonds is 20. The molecule has 2 rings (SSSR count). The number of benzene rings is 2. The highest BCUT2D eigenvalue weighted by Gasteiger charge is 2.90. The van der Waals surface area contributed by atoms with E-state index in [9.17, 15) is 61.9 Å². The van der Waals surface area contributed by atoms with E-state index >= 15 is 0 Å². The van der Waals surface area contributed by atoms with Crippen LogP contribution in [0, 0.1) is 0 Å². The van der Waals surface area contributed by atoms with Crippen LogP contribution in [0.5, 0.6) is 11.5 Å². The van der Waals surface area contributed by atoms with Crippen molar-refractivity contribution in [2.24, 2.45) is 0 Å². The lowest BCUT2D eigenvalue weighted by Crippen LogP contribution is -2.70. The predicted octanol–water partition coefficient (Wildman–Crippen LogP) is 11.6. The van der Waals surface area contributed by atoms with Gasteiger partial charge < -0.3 is 9.47 Å². The van der Waals surface area contributed by atoms with Gasteiger partial charge in [0, 0.05) is 17.1 Å². The molecule has 48 heavy (non-hydrogen) atoms. The van der Waals surface area contributed by atoms with Gasteiger partial charge in [-0.15, -0.1) is 11.8 Å². The maximum atomic E-state index is 14.0. The first kappa shape index (κ1) is 41.3. The minimum absolute atomic E-state index is 0.00986. The molecule has 0 atom stereocenters. The summed E-state index contributed by atoms with van der Waals surface area (Å²) >= 11 is 0.292. The normalized spacial score (nSPS) is 13.5. The summed E-state index contributed by atoms with van der Waals surface area (Å²) in [4.78, 5) is 12.4. The number of ether oxygens (including phenoxy) is 2.